The molecule has 0 unspecified atom stereocenters. The number of hydrogen-bond donors (Lipinski definition) is 1. The Bertz CT molecular complexity index is 347. The van der Waals surface area contributed by atoms with E-state index in [9.17, 15) is 0 Å². The van der Waals surface area contributed by atoms with Crippen LogP contribution in [0.15, 0.2) is 12.1 Å². The summed E-state index contributed by atoms with van der Waals surface area (Å²) < 4.78 is 5.41. The number of hydrogen-bond acceptors (Lipinski definition) is 4. The average molecular weight is 222 g/mol. The van der Waals surface area contributed by atoms with E-state index in [2.05, 4.69) is 9.88 Å². The highest BCUT2D eigenvalue weighted by atomic mass is 16.5. The van der Waals surface area contributed by atoms with Crippen molar-refractivity contribution in [1.29, 1.82) is 0 Å². The van der Waals surface area contributed by atoms with Crippen molar-refractivity contribution in [3.05, 3.63) is 23.4 Å². The molecule has 0 radical (unpaired) electrons. The zero-order valence-corrected chi connectivity index (χ0v) is 9.65. The molecule has 1 aromatic rings. The van der Waals surface area contributed by atoms with Crippen LogP contribution < -0.4 is 4.90 Å². The van der Waals surface area contributed by atoms with E-state index in [1.54, 1.807) is 0 Å². The summed E-state index contributed by atoms with van der Waals surface area (Å²) in [6.45, 7) is 5.48. The Morgan fingerprint density at radius 1 is 1.38 bits per heavy atom. The molecule has 16 heavy (non-hydrogen) atoms. The number of pyridine rings is 1. The quantitative estimate of drug-likeness (QED) is 0.814. The van der Waals surface area contributed by atoms with Crippen molar-refractivity contribution in [2.45, 2.75) is 20.0 Å². The highest BCUT2D eigenvalue weighted by Crippen LogP contribution is 2.16. The van der Waals surface area contributed by atoms with Gasteiger partial charge in [0.05, 0.1) is 13.2 Å². The van der Waals surface area contributed by atoms with Gasteiger partial charge in [-0.25, -0.2) is 4.98 Å². The van der Waals surface area contributed by atoms with E-state index < -0.39 is 0 Å². The highest BCUT2D eigenvalue weighted by molar-refractivity contribution is 5.41. The van der Waals surface area contributed by atoms with Crippen molar-refractivity contribution in [2.75, 3.05) is 31.2 Å². The molecule has 0 atom stereocenters. The summed E-state index contributed by atoms with van der Waals surface area (Å²) in [5.41, 5.74) is 1.81. The minimum atomic E-state index is 0.0578. The molecule has 0 aliphatic carbocycles. The lowest BCUT2D eigenvalue weighted by Crippen LogP contribution is -2.27. The molecule has 0 spiro atoms. The predicted octanol–water partition coefficient (Wildman–Crippen LogP) is 1.11. The van der Waals surface area contributed by atoms with E-state index in [-0.39, 0.29) is 6.61 Å². The molecule has 1 N–H and O–H groups in total. The number of aromatic nitrogens is 1. The molecule has 0 aromatic carbocycles. The number of aliphatic hydroxyl groups excluding tert-OH is 1. The second-order valence-corrected chi connectivity index (χ2v) is 4.03. The molecule has 2 rings (SSSR count). The maximum absolute atomic E-state index is 9.09. The lowest BCUT2D eigenvalue weighted by molar-refractivity contribution is 0.152. The zero-order chi connectivity index (χ0) is 11.4. The monoisotopic (exact) mass is 222 g/mol. The van der Waals surface area contributed by atoms with Crippen LogP contribution in [0.2, 0.25) is 0 Å². The van der Waals surface area contributed by atoms with Crippen molar-refractivity contribution in [2.24, 2.45) is 0 Å². The van der Waals surface area contributed by atoms with Gasteiger partial charge in [0, 0.05) is 25.4 Å². The summed E-state index contributed by atoms with van der Waals surface area (Å²) in [4.78, 5) is 6.76. The summed E-state index contributed by atoms with van der Waals surface area (Å²) in [6, 6.07) is 3.92. The molecule has 4 heteroatoms. The number of nitrogens with zero attached hydrogens (tertiary/aromatic N) is 2. The second-order valence-electron chi connectivity index (χ2n) is 4.03. The number of aliphatic hydroxyl groups is 1. The first-order valence-electron chi connectivity index (χ1n) is 5.71. The van der Waals surface area contributed by atoms with Crippen LogP contribution in [0.3, 0.4) is 0 Å². The Hall–Kier alpha value is -1.13. The topological polar surface area (TPSA) is 45.6 Å². The minimum absolute atomic E-state index is 0.0578. The summed E-state index contributed by atoms with van der Waals surface area (Å²) in [6.07, 6.45) is 1.04. The Morgan fingerprint density at radius 2 is 2.25 bits per heavy atom. The maximum Gasteiger partial charge on any atom is 0.128 e. The molecule has 2 heterocycles. The van der Waals surface area contributed by atoms with Gasteiger partial charge in [-0.1, -0.05) is 6.07 Å². The van der Waals surface area contributed by atoms with Crippen molar-refractivity contribution < 1.29 is 9.84 Å². The van der Waals surface area contributed by atoms with E-state index in [1.807, 2.05) is 19.1 Å². The van der Waals surface area contributed by atoms with Crippen LogP contribution in [0.5, 0.6) is 0 Å². The van der Waals surface area contributed by atoms with Crippen molar-refractivity contribution >= 4 is 5.82 Å². The van der Waals surface area contributed by atoms with Gasteiger partial charge in [-0.2, -0.15) is 0 Å². The van der Waals surface area contributed by atoms with Gasteiger partial charge in [-0.15, -0.1) is 0 Å². The first kappa shape index (κ1) is 11.4. The molecule has 4 nitrogen and oxygen atoms in total. The Morgan fingerprint density at radius 3 is 3.00 bits per heavy atom. The molecule has 1 aliphatic rings. The van der Waals surface area contributed by atoms with Crippen LogP contribution in [0.25, 0.3) is 0 Å². The van der Waals surface area contributed by atoms with Gasteiger partial charge >= 0.3 is 0 Å². The van der Waals surface area contributed by atoms with E-state index in [0.717, 1.165) is 49.8 Å². The average Bonchev–Trinajstić information content (AvgIpc) is 2.57. The van der Waals surface area contributed by atoms with Crippen molar-refractivity contribution in [1.82, 2.24) is 4.98 Å². The largest absolute Gasteiger partial charge is 0.392 e. The molecule has 1 saturated heterocycles. The number of rotatable bonds is 2. The van der Waals surface area contributed by atoms with Gasteiger partial charge in [0.25, 0.3) is 0 Å². The van der Waals surface area contributed by atoms with Crippen LogP contribution in [0, 0.1) is 6.92 Å². The van der Waals surface area contributed by atoms with E-state index in [4.69, 9.17) is 9.84 Å². The number of ether oxygens (including phenoxy) is 1. The van der Waals surface area contributed by atoms with Gasteiger partial charge in [-0.05, 0) is 25.0 Å². The highest BCUT2D eigenvalue weighted by Gasteiger charge is 2.11. The normalized spacial score (nSPS) is 17.2. The third-order valence-corrected chi connectivity index (χ3v) is 2.90. The van der Waals surface area contributed by atoms with Crippen LogP contribution in [0.4, 0.5) is 5.82 Å². The number of aryl methyl sites for hydroxylation is 1. The van der Waals surface area contributed by atoms with Gasteiger partial charge in [0.2, 0.25) is 0 Å². The molecular weight excluding hydrogens is 204 g/mol. The Balaban J connectivity index is 2.16. The molecular formula is C12H18N2O2. The molecule has 1 aliphatic heterocycles. The Kier molecular flexibility index (Phi) is 3.74. The lowest BCUT2D eigenvalue weighted by Gasteiger charge is -2.21. The third kappa shape index (κ3) is 2.51. The summed E-state index contributed by atoms with van der Waals surface area (Å²) in [5.74, 6) is 0.986. The van der Waals surface area contributed by atoms with E-state index in [1.165, 1.54) is 0 Å². The van der Waals surface area contributed by atoms with Crippen molar-refractivity contribution in [3.63, 3.8) is 0 Å². The fourth-order valence-corrected chi connectivity index (χ4v) is 1.90. The first-order valence-corrected chi connectivity index (χ1v) is 5.71. The molecule has 1 aromatic heterocycles. The van der Waals surface area contributed by atoms with Crippen molar-refractivity contribution in [3.8, 4) is 0 Å². The number of anilines is 1. The van der Waals surface area contributed by atoms with Gasteiger partial charge in [0.1, 0.15) is 5.82 Å². The Labute approximate surface area is 95.9 Å². The van der Waals surface area contributed by atoms with Crippen LogP contribution in [0.1, 0.15) is 17.7 Å². The minimum Gasteiger partial charge on any atom is -0.392 e. The zero-order valence-electron chi connectivity index (χ0n) is 9.65. The maximum atomic E-state index is 9.09. The fourth-order valence-electron chi connectivity index (χ4n) is 1.90. The van der Waals surface area contributed by atoms with Gasteiger partial charge < -0.3 is 14.7 Å². The SMILES string of the molecule is Cc1nc(N2CCCOCC2)ccc1CO. The molecule has 0 amide bonds. The molecule has 0 bridgehead atoms. The third-order valence-electron chi connectivity index (χ3n) is 2.90. The van der Waals surface area contributed by atoms with Crippen LogP contribution >= 0.6 is 0 Å². The summed E-state index contributed by atoms with van der Waals surface area (Å²) >= 11 is 0. The molecule has 0 saturated carbocycles. The predicted molar refractivity (Wildman–Crippen MR) is 62.5 cm³/mol. The fraction of sp³-hybridized carbons (Fsp3) is 0.583. The van der Waals surface area contributed by atoms with Gasteiger partial charge in [0.15, 0.2) is 0 Å². The summed E-state index contributed by atoms with van der Waals surface area (Å²) in [5, 5.41) is 9.09. The van der Waals surface area contributed by atoms with Crippen LogP contribution in [-0.2, 0) is 11.3 Å². The first-order chi connectivity index (χ1) is 7.81. The molecule has 88 valence electrons. The van der Waals surface area contributed by atoms with Gasteiger partial charge in [-0.3, -0.25) is 0 Å². The van der Waals surface area contributed by atoms with E-state index in [0.29, 0.717) is 0 Å². The molecule has 1 fully saturated rings. The summed E-state index contributed by atoms with van der Waals surface area (Å²) in [7, 11) is 0. The van der Waals surface area contributed by atoms with Crippen LogP contribution in [-0.4, -0.2) is 36.4 Å². The second kappa shape index (κ2) is 5.27. The van der Waals surface area contributed by atoms with E-state index >= 15 is 0 Å². The standard InChI is InChI=1S/C12H18N2O2/c1-10-11(9-15)3-4-12(13-10)14-5-2-7-16-8-6-14/h3-4,15H,2,5-9H2,1H3. The lowest BCUT2D eigenvalue weighted by atomic mass is 10.2. The smallest absolute Gasteiger partial charge is 0.128 e.